The molecule has 26 heavy (non-hydrogen) atoms. The van der Waals surface area contributed by atoms with E-state index in [1.807, 2.05) is 43.3 Å². The van der Waals surface area contributed by atoms with E-state index in [0.717, 1.165) is 13.1 Å². The quantitative estimate of drug-likeness (QED) is 0.699. The van der Waals surface area contributed by atoms with Crippen LogP contribution in [0.15, 0.2) is 60.7 Å². The van der Waals surface area contributed by atoms with E-state index in [9.17, 15) is 9.90 Å². The summed E-state index contributed by atoms with van der Waals surface area (Å²) >= 11 is 0. The number of esters is 1. The Kier molecular flexibility index (Phi) is 7.37. The van der Waals surface area contributed by atoms with E-state index in [-0.39, 0.29) is 6.10 Å². The zero-order valence-corrected chi connectivity index (χ0v) is 15.9. The number of hydrogen-bond acceptors (Lipinski definition) is 4. The van der Waals surface area contributed by atoms with Gasteiger partial charge in [-0.2, -0.15) is 0 Å². The van der Waals surface area contributed by atoms with Gasteiger partial charge < -0.3 is 14.7 Å². The molecule has 0 aliphatic heterocycles. The third kappa shape index (κ3) is 4.51. The van der Waals surface area contributed by atoms with Crippen molar-refractivity contribution in [3.63, 3.8) is 0 Å². The summed E-state index contributed by atoms with van der Waals surface area (Å²) in [6.45, 7) is 8.61. The minimum Gasteiger partial charge on any atom is -0.458 e. The molecule has 1 N–H and O–H groups in total. The van der Waals surface area contributed by atoms with Crippen LogP contribution in [-0.2, 0) is 15.1 Å². The second-order valence-electron chi connectivity index (χ2n) is 6.36. The Labute approximate surface area is 156 Å². The summed E-state index contributed by atoms with van der Waals surface area (Å²) in [6, 6.07) is 17.9. The smallest absolute Gasteiger partial charge is 0.348 e. The van der Waals surface area contributed by atoms with Gasteiger partial charge in [0.1, 0.15) is 6.10 Å². The zero-order chi connectivity index (χ0) is 19.0. The van der Waals surface area contributed by atoms with Crippen molar-refractivity contribution in [3.05, 3.63) is 71.8 Å². The highest BCUT2D eigenvalue weighted by Crippen LogP contribution is 2.31. The molecule has 0 saturated heterocycles. The van der Waals surface area contributed by atoms with E-state index in [1.54, 1.807) is 24.3 Å². The van der Waals surface area contributed by atoms with Crippen LogP contribution in [0.25, 0.3) is 0 Å². The highest BCUT2D eigenvalue weighted by atomic mass is 16.6. The fourth-order valence-corrected chi connectivity index (χ4v) is 3.02. The first-order valence-electron chi connectivity index (χ1n) is 9.33. The Morgan fingerprint density at radius 1 is 0.962 bits per heavy atom. The van der Waals surface area contributed by atoms with Gasteiger partial charge in [0, 0.05) is 6.54 Å². The number of ether oxygens (including phenoxy) is 1. The van der Waals surface area contributed by atoms with Crippen molar-refractivity contribution < 1.29 is 14.6 Å². The fourth-order valence-electron chi connectivity index (χ4n) is 3.02. The SMILES string of the molecule is CCC(CN(CC)CC)OC(=O)C(O)(c1ccccc1)c1ccccc1. The number of nitrogens with zero attached hydrogens (tertiary/aromatic N) is 1. The topological polar surface area (TPSA) is 49.8 Å². The minimum absolute atomic E-state index is 0.263. The van der Waals surface area contributed by atoms with E-state index < -0.39 is 11.6 Å². The van der Waals surface area contributed by atoms with Crippen LogP contribution in [0.2, 0.25) is 0 Å². The lowest BCUT2D eigenvalue weighted by Crippen LogP contribution is -2.43. The van der Waals surface area contributed by atoms with Crippen LogP contribution in [0, 0.1) is 0 Å². The van der Waals surface area contributed by atoms with Gasteiger partial charge in [-0.3, -0.25) is 0 Å². The summed E-state index contributed by atoms with van der Waals surface area (Å²) < 4.78 is 5.78. The number of hydrogen-bond donors (Lipinski definition) is 1. The molecular formula is C22H29NO3. The molecule has 0 saturated carbocycles. The van der Waals surface area contributed by atoms with Gasteiger partial charge in [0.05, 0.1) is 0 Å². The first-order valence-corrected chi connectivity index (χ1v) is 9.33. The predicted molar refractivity (Wildman–Crippen MR) is 104 cm³/mol. The molecule has 0 radical (unpaired) electrons. The van der Waals surface area contributed by atoms with Crippen LogP contribution in [0.5, 0.6) is 0 Å². The second kappa shape index (κ2) is 9.51. The van der Waals surface area contributed by atoms with Crippen molar-refractivity contribution in [2.75, 3.05) is 19.6 Å². The van der Waals surface area contributed by atoms with Gasteiger partial charge in [-0.15, -0.1) is 0 Å². The highest BCUT2D eigenvalue weighted by Gasteiger charge is 2.42. The summed E-state index contributed by atoms with van der Waals surface area (Å²) in [5.41, 5.74) is -0.804. The maximum atomic E-state index is 13.1. The second-order valence-corrected chi connectivity index (χ2v) is 6.36. The van der Waals surface area contributed by atoms with Crippen LogP contribution in [0.3, 0.4) is 0 Å². The van der Waals surface area contributed by atoms with Crippen molar-refractivity contribution >= 4 is 5.97 Å². The molecule has 2 rings (SSSR count). The minimum atomic E-state index is -1.82. The van der Waals surface area contributed by atoms with Crippen molar-refractivity contribution in [1.29, 1.82) is 0 Å². The summed E-state index contributed by atoms with van der Waals surface area (Å²) in [5.74, 6) is -0.631. The van der Waals surface area contributed by atoms with E-state index in [1.165, 1.54) is 0 Å². The van der Waals surface area contributed by atoms with Crippen molar-refractivity contribution in [1.82, 2.24) is 4.90 Å². The van der Waals surface area contributed by atoms with Crippen LogP contribution in [0.4, 0.5) is 0 Å². The maximum Gasteiger partial charge on any atom is 0.348 e. The van der Waals surface area contributed by atoms with E-state index >= 15 is 0 Å². The van der Waals surface area contributed by atoms with Gasteiger partial charge in [0.2, 0.25) is 5.60 Å². The Balaban J connectivity index is 2.32. The molecule has 1 atom stereocenters. The summed E-state index contributed by atoms with van der Waals surface area (Å²) in [4.78, 5) is 15.3. The molecule has 140 valence electrons. The number of rotatable bonds is 9. The third-order valence-electron chi connectivity index (χ3n) is 4.76. The van der Waals surface area contributed by atoms with Crippen LogP contribution in [0.1, 0.15) is 38.3 Å². The average molecular weight is 355 g/mol. The number of benzene rings is 2. The standard InChI is InChI=1S/C22H29NO3/c1-4-20(17-23(5-2)6-3)26-21(24)22(25,18-13-9-7-10-14-18)19-15-11-8-12-16-19/h7-16,20,25H,4-6,17H2,1-3H3. The van der Waals surface area contributed by atoms with Gasteiger partial charge in [-0.05, 0) is 30.6 Å². The molecule has 0 bridgehead atoms. The number of likely N-dealkylation sites (N-methyl/N-ethyl adjacent to an activating group) is 1. The van der Waals surface area contributed by atoms with Crippen LogP contribution >= 0.6 is 0 Å². The average Bonchev–Trinajstić information content (AvgIpc) is 2.71. The number of carbonyl (C=O) groups is 1. The first-order chi connectivity index (χ1) is 12.6. The van der Waals surface area contributed by atoms with Gasteiger partial charge >= 0.3 is 5.97 Å². The van der Waals surface area contributed by atoms with Crippen molar-refractivity contribution in [2.24, 2.45) is 0 Å². The summed E-state index contributed by atoms with van der Waals surface area (Å²) in [6.07, 6.45) is 0.434. The van der Waals surface area contributed by atoms with Gasteiger partial charge in [-0.25, -0.2) is 4.79 Å². The summed E-state index contributed by atoms with van der Waals surface area (Å²) in [7, 11) is 0. The molecule has 0 spiro atoms. The molecule has 4 heteroatoms. The molecule has 0 aliphatic rings. The zero-order valence-electron chi connectivity index (χ0n) is 15.9. The molecule has 0 aliphatic carbocycles. The molecule has 0 heterocycles. The molecule has 2 aromatic rings. The fraction of sp³-hybridized carbons (Fsp3) is 0.409. The van der Waals surface area contributed by atoms with E-state index in [4.69, 9.17) is 4.74 Å². The molecule has 2 aromatic carbocycles. The lowest BCUT2D eigenvalue weighted by Gasteiger charge is -2.31. The normalized spacial score (nSPS) is 12.8. The van der Waals surface area contributed by atoms with Crippen LogP contribution in [-0.4, -0.2) is 41.7 Å². The monoisotopic (exact) mass is 355 g/mol. The van der Waals surface area contributed by atoms with E-state index in [0.29, 0.717) is 24.1 Å². The van der Waals surface area contributed by atoms with Crippen LogP contribution < -0.4 is 0 Å². The maximum absolute atomic E-state index is 13.1. The van der Waals surface area contributed by atoms with Crippen molar-refractivity contribution in [3.8, 4) is 0 Å². The molecular weight excluding hydrogens is 326 g/mol. The molecule has 0 amide bonds. The number of aliphatic hydroxyl groups is 1. The lowest BCUT2D eigenvalue weighted by molar-refractivity contribution is -0.169. The molecule has 0 fully saturated rings. The van der Waals surface area contributed by atoms with Gasteiger partial charge in [-0.1, -0.05) is 81.4 Å². The Morgan fingerprint density at radius 3 is 1.81 bits per heavy atom. The summed E-state index contributed by atoms with van der Waals surface area (Å²) in [5, 5.41) is 11.4. The van der Waals surface area contributed by atoms with Crippen molar-refractivity contribution in [2.45, 2.75) is 38.9 Å². The first kappa shape index (κ1) is 20.1. The molecule has 1 unspecified atom stereocenters. The lowest BCUT2D eigenvalue weighted by atomic mass is 9.86. The predicted octanol–water partition coefficient (Wildman–Crippen LogP) is 3.59. The van der Waals surface area contributed by atoms with Gasteiger partial charge in [0.25, 0.3) is 0 Å². The number of carbonyl (C=O) groups excluding carboxylic acids is 1. The van der Waals surface area contributed by atoms with E-state index in [2.05, 4.69) is 18.7 Å². The third-order valence-corrected chi connectivity index (χ3v) is 4.76. The molecule has 4 nitrogen and oxygen atoms in total. The van der Waals surface area contributed by atoms with Gasteiger partial charge in [0.15, 0.2) is 0 Å². The largest absolute Gasteiger partial charge is 0.458 e. The molecule has 0 aromatic heterocycles. The Hall–Kier alpha value is -2.17. The highest BCUT2D eigenvalue weighted by molar-refractivity contribution is 5.85. The Bertz CT molecular complexity index is 629. The Morgan fingerprint density at radius 2 is 1.42 bits per heavy atom.